The van der Waals surface area contributed by atoms with Gasteiger partial charge in [-0.25, -0.2) is 17.6 Å². The topological polar surface area (TPSA) is 111 Å². The molecule has 0 aromatic heterocycles. The highest BCUT2D eigenvalue weighted by atomic mass is 32.2. The van der Waals surface area contributed by atoms with Gasteiger partial charge in [0.2, 0.25) is 0 Å². The van der Waals surface area contributed by atoms with Crippen LogP contribution in [0.3, 0.4) is 0 Å². The van der Waals surface area contributed by atoms with E-state index in [2.05, 4.69) is 10.0 Å². The van der Waals surface area contributed by atoms with Gasteiger partial charge in [0.1, 0.15) is 5.82 Å². The number of carbonyl (C=O) groups excluding carboxylic acids is 2. The molecule has 0 heterocycles. The van der Waals surface area contributed by atoms with Crippen molar-refractivity contribution >= 4 is 27.6 Å². The SMILES string of the molecule is COCCNC(=O)COC(=O)c1ccccc1NS(=O)(=O)c1ccc(F)cc1C. The Morgan fingerprint density at radius 2 is 1.86 bits per heavy atom. The van der Waals surface area contributed by atoms with Gasteiger partial charge in [0.05, 0.1) is 22.8 Å². The molecule has 0 saturated heterocycles. The number of nitrogens with one attached hydrogen (secondary N) is 2. The van der Waals surface area contributed by atoms with E-state index in [0.717, 1.165) is 18.2 Å². The van der Waals surface area contributed by atoms with Crippen LogP contribution in [0, 0.1) is 12.7 Å². The van der Waals surface area contributed by atoms with Crippen molar-refractivity contribution in [3.8, 4) is 0 Å². The maximum atomic E-state index is 13.3. The third kappa shape index (κ3) is 6.26. The Hall–Kier alpha value is -2.98. The van der Waals surface area contributed by atoms with Gasteiger partial charge in [-0.1, -0.05) is 12.1 Å². The first-order chi connectivity index (χ1) is 13.7. The largest absolute Gasteiger partial charge is 0.452 e. The van der Waals surface area contributed by atoms with Crippen LogP contribution in [0.25, 0.3) is 0 Å². The van der Waals surface area contributed by atoms with Crippen molar-refractivity contribution in [2.24, 2.45) is 0 Å². The molecule has 0 saturated carbocycles. The Bertz CT molecular complexity index is 994. The summed E-state index contributed by atoms with van der Waals surface area (Å²) in [5, 5.41) is 2.49. The minimum Gasteiger partial charge on any atom is -0.452 e. The lowest BCUT2D eigenvalue weighted by Crippen LogP contribution is -2.31. The Morgan fingerprint density at radius 3 is 2.55 bits per heavy atom. The minimum absolute atomic E-state index is 0.0268. The Balaban J connectivity index is 2.13. The summed E-state index contributed by atoms with van der Waals surface area (Å²) in [5.41, 5.74) is 0.117. The summed E-state index contributed by atoms with van der Waals surface area (Å²) in [6.07, 6.45) is 0. The summed E-state index contributed by atoms with van der Waals surface area (Å²) in [6, 6.07) is 9.06. The van der Waals surface area contributed by atoms with Crippen LogP contribution in [-0.4, -0.2) is 47.2 Å². The van der Waals surface area contributed by atoms with Crippen molar-refractivity contribution in [2.75, 3.05) is 31.6 Å². The molecule has 29 heavy (non-hydrogen) atoms. The molecule has 2 aromatic rings. The zero-order chi connectivity index (χ0) is 21.4. The highest BCUT2D eigenvalue weighted by Crippen LogP contribution is 2.23. The van der Waals surface area contributed by atoms with Crippen molar-refractivity contribution in [1.29, 1.82) is 0 Å². The Morgan fingerprint density at radius 1 is 1.14 bits per heavy atom. The third-order valence-corrected chi connectivity index (χ3v) is 5.31. The molecule has 0 radical (unpaired) electrons. The second-order valence-corrected chi connectivity index (χ2v) is 7.63. The van der Waals surface area contributed by atoms with Crippen molar-refractivity contribution in [3.05, 3.63) is 59.4 Å². The molecule has 2 N–H and O–H groups in total. The molecule has 10 heteroatoms. The quantitative estimate of drug-likeness (QED) is 0.470. The van der Waals surface area contributed by atoms with Gasteiger partial charge in [-0.3, -0.25) is 9.52 Å². The van der Waals surface area contributed by atoms with Crippen molar-refractivity contribution in [3.63, 3.8) is 0 Å². The average Bonchev–Trinajstić information content (AvgIpc) is 2.66. The van der Waals surface area contributed by atoms with Crippen LogP contribution in [0.5, 0.6) is 0 Å². The maximum absolute atomic E-state index is 13.3. The number of methoxy groups -OCH3 is 1. The predicted molar refractivity (Wildman–Crippen MR) is 104 cm³/mol. The second-order valence-electron chi connectivity index (χ2n) is 5.98. The zero-order valence-corrected chi connectivity index (χ0v) is 16.7. The van der Waals surface area contributed by atoms with Gasteiger partial charge in [0.15, 0.2) is 6.61 Å². The number of halogens is 1. The fourth-order valence-electron chi connectivity index (χ4n) is 2.42. The van der Waals surface area contributed by atoms with Gasteiger partial charge in [-0.15, -0.1) is 0 Å². The standard InChI is InChI=1S/C19H21FN2O6S/c1-13-11-14(20)7-8-17(13)29(25,26)22-16-6-4-3-5-15(16)19(24)28-12-18(23)21-9-10-27-2/h3-8,11,22H,9-10,12H2,1-2H3,(H,21,23). The monoisotopic (exact) mass is 424 g/mol. The summed E-state index contributed by atoms with van der Waals surface area (Å²) < 4.78 is 50.6. The number of anilines is 1. The van der Waals surface area contributed by atoms with E-state index >= 15 is 0 Å². The summed E-state index contributed by atoms with van der Waals surface area (Å²) in [4.78, 5) is 23.8. The second kappa shape index (κ2) is 9.99. The fourth-order valence-corrected chi connectivity index (χ4v) is 3.72. The molecule has 0 aliphatic heterocycles. The molecule has 0 atom stereocenters. The van der Waals surface area contributed by atoms with Crippen LogP contribution in [0.1, 0.15) is 15.9 Å². The number of esters is 1. The maximum Gasteiger partial charge on any atom is 0.340 e. The van der Waals surface area contributed by atoms with Gasteiger partial charge in [0, 0.05) is 13.7 Å². The van der Waals surface area contributed by atoms with E-state index in [1.54, 1.807) is 0 Å². The highest BCUT2D eigenvalue weighted by molar-refractivity contribution is 7.92. The van der Waals surface area contributed by atoms with Crippen LogP contribution >= 0.6 is 0 Å². The molecule has 0 aliphatic carbocycles. The number of sulfonamides is 1. The lowest BCUT2D eigenvalue weighted by atomic mass is 10.2. The van der Waals surface area contributed by atoms with Crippen molar-refractivity contribution in [1.82, 2.24) is 5.32 Å². The molecule has 8 nitrogen and oxygen atoms in total. The van der Waals surface area contributed by atoms with E-state index < -0.39 is 34.3 Å². The van der Waals surface area contributed by atoms with Crippen LogP contribution in [0.4, 0.5) is 10.1 Å². The number of amides is 1. The first-order valence-electron chi connectivity index (χ1n) is 8.55. The number of aryl methyl sites for hydroxylation is 1. The number of benzene rings is 2. The number of hydrogen-bond acceptors (Lipinski definition) is 6. The number of rotatable bonds is 9. The van der Waals surface area contributed by atoms with E-state index in [1.807, 2.05) is 0 Å². The molecule has 2 aromatic carbocycles. The van der Waals surface area contributed by atoms with Gasteiger partial charge >= 0.3 is 5.97 Å². The highest BCUT2D eigenvalue weighted by Gasteiger charge is 2.21. The molecule has 156 valence electrons. The van der Waals surface area contributed by atoms with Crippen LogP contribution < -0.4 is 10.0 Å². The molecular formula is C19H21FN2O6S. The average molecular weight is 424 g/mol. The smallest absolute Gasteiger partial charge is 0.340 e. The van der Waals surface area contributed by atoms with Crippen molar-refractivity contribution < 1.29 is 31.9 Å². The molecule has 0 unspecified atom stereocenters. The predicted octanol–water partition coefficient (Wildman–Crippen LogP) is 1.85. The van der Waals surface area contributed by atoms with Gasteiger partial charge < -0.3 is 14.8 Å². The Labute approximate surface area is 168 Å². The van der Waals surface area contributed by atoms with Crippen LogP contribution in [-0.2, 0) is 24.3 Å². The molecule has 0 fully saturated rings. The number of carbonyl (C=O) groups is 2. The molecule has 2 rings (SSSR count). The molecule has 1 amide bonds. The van der Waals surface area contributed by atoms with E-state index in [0.29, 0.717) is 6.61 Å². The summed E-state index contributed by atoms with van der Waals surface area (Å²) in [5.74, 6) is -1.95. The van der Waals surface area contributed by atoms with E-state index in [9.17, 15) is 22.4 Å². The first kappa shape index (κ1) is 22.3. The van der Waals surface area contributed by atoms with Gasteiger partial charge in [-0.05, 0) is 42.8 Å². The number of para-hydroxylation sites is 1. The minimum atomic E-state index is -4.08. The number of hydrogen-bond donors (Lipinski definition) is 2. The molecule has 0 aliphatic rings. The fraction of sp³-hybridized carbons (Fsp3) is 0.263. The summed E-state index contributed by atoms with van der Waals surface area (Å²) in [7, 11) is -2.60. The van der Waals surface area contributed by atoms with E-state index in [1.165, 1.54) is 38.3 Å². The van der Waals surface area contributed by atoms with E-state index in [4.69, 9.17) is 9.47 Å². The summed E-state index contributed by atoms with van der Waals surface area (Å²) in [6.45, 7) is 1.51. The van der Waals surface area contributed by atoms with Crippen molar-refractivity contribution in [2.45, 2.75) is 11.8 Å². The molecule has 0 spiro atoms. The van der Waals surface area contributed by atoms with E-state index in [-0.39, 0.29) is 28.3 Å². The first-order valence-corrected chi connectivity index (χ1v) is 10.0. The lowest BCUT2D eigenvalue weighted by molar-refractivity contribution is -0.124. The zero-order valence-electron chi connectivity index (χ0n) is 15.9. The third-order valence-electron chi connectivity index (χ3n) is 3.78. The van der Waals surface area contributed by atoms with Gasteiger partial charge in [0.25, 0.3) is 15.9 Å². The molecule has 0 bridgehead atoms. The molecular weight excluding hydrogens is 403 g/mol. The normalized spacial score (nSPS) is 11.0. The lowest BCUT2D eigenvalue weighted by Gasteiger charge is -2.13. The van der Waals surface area contributed by atoms with Gasteiger partial charge in [-0.2, -0.15) is 0 Å². The summed E-state index contributed by atoms with van der Waals surface area (Å²) >= 11 is 0. The number of ether oxygens (including phenoxy) is 2. The van der Waals surface area contributed by atoms with Crippen LogP contribution in [0.2, 0.25) is 0 Å². The van der Waals surface area contributed by atoms with Crippen LogP contribution in [0.15, 0.2) is 47.4 Å². The Kier molecular flexibility index (Phi) is 7.68.